The molecule has 2 aromatic rings. The van der Waals surface area contributed by atoms with E-state index in [9.17, 15) is 4.79 Å². The Kier molecular flexibility index (Phi) is 3.21. The smallest absolute Gasteiger partial charge is 0.253 e. The molecule has 2 aliphatic rings. The van der Waals surface area contributed by atoms with Gasteiger partial charge in [-0.2, -0.15) is 0 Å². The predicted octanol–water partition coefficient (Wildman–Crippen LogP) is 3.66. The van der Waals surface area contributed by atoms with Crippen LogP contribution in [0.15, 0.2) is 48.2 Å². The van der Waals surface area contributed by atoms with Crippen molar-refractivity contribution in [3.8, 4) is 0 Å². The lowest BCUT2D eigenvalue weighted by atomic mass is 9.83. The third kappa shape index (κ3) is 2.31. The van der Waals surface area contributed by atoms with Crippen molar-refractivity contribution in [2.24, 2.45) is 11.8 Å². The number of rotatable bonds is 1. The highest BCUT2D eigenvalue weighted by Crippen LogP contribution is 2.36. The van der Waals surface area contributed by atoms with E-state index in [0.717, 1.165) is 42.4 Å². The molecule has 2 atom stereocenters. The van der Waals surface area contributed by atoms with Gasteiger partial charge in [0.1, 0.15) is 0 Å². The minimum Gasteiger partial charge on any atom is -0.338 e. The monoisotopic (exact) mass is 292 g/mol. The zero-order chi connectivity index (χ0) is 15.1. The first-order chi connectivity index (χ1) is 10.7. The lowest BCUT2D eigenvalue weighted by molar-refractivity contribution is 0.0784. The van der Waals surface area contributed by atoms with Gasteiger partial charge in [-0.3, -0.25) is 9.78 Å². The predicted molar refractivity (Wildman–Crippen MR) is 87.6 cm³/mol. The van der Waals surface area contributed by atoms with Gasteiger partial charge >= 0.3 is 0 Å². The third-order valence-electron chi connectivity index (χ3n) is 5.07. The fourth-order valence-corrected chi connectivity index (χ4v) is 3.84. The van der Waals surface area contributed by atoms with Crippen LogP contribution in [0.1, 0.15) is 30.1 Å². The molecular formula is C19H20N2O. The third-order valence-corrected chi connectivity index (χ3v) is 5.07. The van der Waals surface area contributed by atoms with E-state index in [1.807, 2.05) is 35.2 Å². The van der Waals surface area contributed by atoms with Crippen molar-refractivity contribution < 1.29 is 4.79 Å². The molecule has 1 aromatic heterocycles. The molecule has 3 nitrogen and oxygen atoms in total. The minimum atomic E-state index is 0.165. The van der Waals surface area contributed by atoms with Crippen LogP contribution < -0.4 is 0 Å². The van der Waals surface area contributed by atoms with E-state index in [1.54, 1.807) is 6.20 Å². The van der Waals surface area contributed by atoms with Crippen molar-refractivity contribution in [3.63, 3.8) is 0 Å². The molecule has 0 radical (unpaired) electrons. The highest BCUT2D eigenvalue weighted by molar-refractivity contribution is 5.98. The van der Waals surface area contributed by atoms with Crippen LogP contribution in [0.4, 0.5) is 0 Å². The summed E-state index contributed by atoms with van der Waals surface area (Å²) in [6.07, 6.45) is 6.40. The van der Waals surface area contributed by atoms with E-state index >= 15 is 0 Å². The molecule has 2 heterocycles. The Morgan fingerprint density at radius 3 is 3.00 bits per heavy atom. The average Bonchev–Trinajstić information content (AvgIpc) is 2.96. The van der Waals surface area contributed by atoms with Crippen molar-refractivity contribution >= 4 is 16.8 Å². The number of pyridine rings is 1. The summed E-state index contributed by atoms with van der Waals surface area (Å²) < 4.78 is 0. The average molecular weight is 292 g/mol. The summed E-state index contributed by atoms with van der Waals surface area (Å²) in [5.74, 6) is 1.46. The van der Waals surface area contributed by atoms with E-state index in [0.29, 0.717) is 11.8 Å². The normalized spacial score (nSPS) is 24.2. The summed E-state index contributed by atoms with van der Waals surface area (Å²) in [5, 5.41) is 1.03. The summed E-state index contributed by atoms with van der Waals surface area (Å²) in [6, 6.07) is 9.74. The summed E-state index contributed by atoms with van der Waals surface area (Å²) in [5.41, 5.74) is 3.20. The minimum absolute atomic E-state index is 0.165. The van der Waals surface area contributed by atoms with E-state index < -0.39 is 0 Å². The number of benzene rings is 1. The van der Waals surface area contributed by atoms with Gasteiger partial charge in [0.2, 0.25) is 0 Å². The van der Waals surface area contributed by atoms with Crippen LogP contribution in [-0.2, 0) is 0 Å². The zero-order valence-electron chi connectivity index (χ0n) is 12.8. The number of nitrogens with zero attached hydrogens (tertiary/aromatic N) is 2. The largest absolute Gasteiger partial charge is 0.338 e. The Hall–Kier alpha value is -2.16. The Bertz CT molecular complexity index is 765. The Morgan fingerprint density at radius 2 is 2.09 bits per heavy atom. The molecule has 1 aliphatic heterocycles. The first kappa shape index (κ1) is 13.5. The van der Waals surface area contributed by atoms with Crippen LogP contribution in [0.2, 0.25) is 0 Å². The van der Waals surface area contributed by atoms with Crippen molar-refractivity contribution in [2.75, 3.05) is 13.1 Å². The molecule has 1 amide bonds. The van der Waals surface area contributed by atoms with Gasteiger partial charge in [0, 0.05) is 30.2 Å². The lowest BCUT2D eigenvalue weighted by Gasteiger charge is -2.21. The second-order valence-corrected chi connectivity index (χ2v) is 6.63. The number of hydrogen-bond acceptors (Lipinski definition) is 2. The standard InChI is InChI=1S/C19H20N2O/c1-13-4-5-16-11-21(12-17(16)9-13)19(22)15-6-7-18-14(10-15)3-2-8-20-18/h2-4,6-8,10,16-17H,5,9,11-12H2,1H3/t16-,17+/m0/s1. The topological polar surface area (TPSA) is 33.2 Å². The maximum Gasteiger partial charge on any atom is 0.253 e. The second-order valence-electron chi connectivity index (χ2n) is 6.63. The van der Waals surface area contributed by atoms with Crippen LogP contribution in [-0.4, -0.2) is 28.9 Å². The summed E-state index contributed by atoms with van der Waals surface area (Å²) in [4.78, 5) is 19.2. The van der Waals surface area contributed by atoms with Gasteiger partial charge in [0.15, 0.2) is 0 Å². The molecule has 4 rings (SSSR count). The molecule has 0 spiro atoms. The maximum atomic E-state index is 12.8. The SMILES string of the molecule is CC1=CC[C@H]2CN(C(=O)c3ccc4ncccc4c3)C[C@H]2C1. The number of fused-ring (bicyclic) bond motifs is 2. The van der Waals surface area contributed by atoms with Crippen LogP contribution in [0, 0.1) is 11.8 Å². The highest BCUT2D eigenvalue weighted by atomic mass is 16.2. The molecular weight excluding hydrogens is 272 g/mol. The fourth-order valence-electron chi connectivity index (χ4n) is 3.84. The highest BCUT2D eigenvalue weighted by Gasteiger charge is 2.36. The number of amides is 1. The molecule has 1 aliphatic carbocycles. The van der Waals surface area contributed by atoms with Gasteiger partial charge in [-0.1, -0.05) is 17.7 Å². The van der Waals surface area contributed by atoms with Crippen molar-refractivity contribution in [3.05, 3.63) is 53.7 Å². The van der Waals surface area contributed by atoms with E-state index in [1.165, 1.54) is 5.57 Å². The van der Waals surface area contributed by atoms with Crippen molar-refractivity contribution in [1.82, 2.24) is 9.88 Å². The molecule has 3 heteroatoms. The molecule has 0 N–H and O–H groups in total. The van der Waals surface area contributed by atoms with Crippen LogP contribution >= 0.6 is 0 Å². The number of carbonyl (C=O) groups is 1. The summed E-state index contributed by atoms with van der Waals surface area (Å²) >= 11 is 0. The summed E-state index contributed by atoms with van der Waals surface area (Å²) in [6.45, 7) is 4.01. The Labute approximate surface area is 130 Å². The van der Waals surface area contributed by atoms with E-state index in [2.05, 4.69) is 18.0 Å². The molecule has 1 fully saturated rings. The van der Waals surface area contributed by atoms with Crippen molar-refractivity contribution in [1.29, 1.82) is 0 Å². The maximum absolute atomic E-state index is 12.8. The Morgan fingerprint density at radius 1 is 1.23 bits per heavy atom. The van der Waals surface area contributed by atoms with Gasteiger partial charge < -0.3 is 4.90 Å². The zero-order valence-corrected chi connectivity index (χ0v) is 12.8. The first-order valence-corrected chi connectivity index (χ1v) is 8.00. The number of carbonyl (C=O) groups excluding carboxylic acids is 1. The number of aromatic nitrogens is 1. The van der Waals surface area contributed by atoms with Gasteiger partial charge in [0.25, 0.3) is 5.91 Å². The van der Waals surface area contributed by atoms with Crippen molar-refractivity contribution in [2.45, 2.75) is 19.8 Å². The van der Waals surface area contributed by atoms with Crippen LogP contribution in [0.3, 0.4) is 0 Å². The number of hydrogen-bond donors (Lipinski definition) is 0. The molecule has 22 heavy (non-hydrogen) atoms. The number of allylic oxidation sites excluding steroid dienone is 2. The second kappa shape index (κ2) is 5.24. The molecule has 0 saturated carbocycles. The number of likely N-dealkylation sites (tertiary alicyclic amines) is 1. The molecule has 0 unspecified atom stereocenters. The molecule has 1 saturated heterocycles. The van der Waals surface area contributed by atoms with E-state index in [4.69, 9.17) is 0 Å². The molecule has 112 valence electrons. The quantitative estimate of drug-likeness (QED) is 0.751. The van der Waals surface area contributed by atoms with Gasteiger partial charge in [-0.05, 0) is 55.9 Å². The van der Waals surface area contributed by atoms with Gasteiger partial charge in [-0.15, -0.1) is 0 Å². The molecule has 1 aromatic carbocycles. The van der Waals surface area contributed by atoms with E-state index in [-0.39, 0.29) is 5.91 Å². The summed E-state index contributed by atoms with van der Waals surface area (Å²) in [7, 11) is 0. The van der Waals surface area contributed by atoms with Crippen LogP contribution in [0.5, 0.6) is 0 Å². The molecule has 0 bridgehead atoms. The first-order valence-electron chi connectivity index (χ1n) is 8.00. The van der Waals surface area contributed by atoms with Gasteiger partial charge in [-0.25, -0.2) is 0 Å². The van der Waals surface area contributed by atoms with Gasteiger partial charge in [0.05, 0.1) is 5.52 Å². The lowest BCUT2D eigenvalue weighted by Crippen LogP contribution is -2.29. The Balaban J connectivity index is 1.56. The van der Waals surface area contributed by atoms with Crippen LogP contribution in [0.25, 0.3) is 10.9 Å². The fraction of sp³-hybridized carbons (Fsp3) is 0.368.